The van der Waals surface area contributed by atoms with Gasteiger partial charge in [0.25, 0.3) is 0 Å². The van der Waals surface area contributed by atoms with Crippen molar-refractivity contribution in [1.29, 1.82) is 0 Å². The van der Waals surface area contributed by atoms with Crippen LogP contribution in [0.15, 0.2) is 24.3 Å². The fourth-order valence-electron chi connectivity index (χ4n) is 3.40. The lowest BCUT2D eigenvalue weighted by Gasteiger charge is -2.34. The zero-order chi connectivity index (χ0) is 13.9. The first-order valence-electron chi connectivity index (χ1n) is 7.79. The molecule has 0 saturated carbocycles. The third-order valence-corrected chi connectivity index (χ3v) is 4.58. The van der Waals surface area contributed by atoms with Crippen molar-refractivity contribution < 1.29 is 4.79 Å². The fraction of sp³-hybridized carbons (Fsp3) is 0.588. The highest BCUT2D eigenvalue weighted by Crippen LogP contribution is 2.19. The van der Waals surface area contributed by atoms with Gasteiger partial charge in [0, 0.05) is 26.2 Å². The molecule has 1 aromatic rings. The number of amides is 1. The summed E-state index contributed by atoms with van der Waals surface area (Å²) in [5.41, 5.74) is 2.83. The van der Waals surface area contributed by atoms with Crippen molar-refractivity contribution in [3.8, 4) is 0 Å². The first-order chi connectivity index (χ1) is 9.72. The number of rotatable bonds is 2. The molecule has 1 unspecified atom stereocenters. The van der Waals surface area contributed by atoms with E-state index in [1.807, 2.05) is 0 Å². The lowest BCUT2D eigenvalue weighted by atomic mass is 9.99. The molecule has 2 heterocycles. The van der Waals surface area contributed by atoms with Crippen molar-refractivity contribution >= 4 is 5.91 Å². The molecule has 1 amide bonds. The fourth-order valence-corrected chi connectivity index (χ4v) is 3.40. The van der Waals surface area contributed by atoms with Crippen LogP contribution in [-0.2, 0) is 17.8 Å². The summed E-state index contributed by atoms with van der Waals surface area (Å²) >= 11 is 0. The Kier molecular flexibility index (Phi) is 4.06. The van der Waals surface area contributed by atoms with E-state index in [1.165, 1.54) is 17.5 Å². The maximum absolute atomic E-state index is 12.4. The molecule has 1 fully saturated rings. The van der Waals surface area contributed by atoms with E-state index in [1.54, 1.807) is 0 Å². The molecule has 108 valence electrons. The molecule has 0 aliphatic carbocycles. The third kappa shape index (κ3) is 3.04. The van der Waals surface area contributed by atoms with E-state index in [9.17, 15) is 4.79 Å². The zero-order valence-electron chi connectivity index (χ0n) is 12.3. The van der Waals surface area contributed by atoms with Gasteiger partial charge in [-0.2, -0.15) is 0 Å². The van der Waals surface area contributed by atoms with Crippen molar-refractivity contribution in [2.45, 2.75) is 32.7 Å². The molecule has 3 heteroatoms. The van der Waals surface area contributed by atoms with Crippen LogP contribution in [0.2, 0.25) is 0 Å². The molecule has 20 heavy (non-hydrogen) atoms. The summed E-state index contributed by atoms with van der Waals surface area (Å²) in [7, 11) is 0. The van der Waals surface area contributed by atoms with Crippen LogP contribution in [0, 0.1) is 5.92 Å². The molecule has 0 radical (unpaired) electrons. The Hall–Kier alpha value is -1.35. The van der Waals surface area contributed by atoms with Gasteiger partial charge in [-0.3, -0.25) is 9.69 Å². The van der Waals surface area contributed by atoms with Crippen LogP contribution in [0.3, 0.4) is 0 Å². The number of hydrogen-bond donors (Lipinski definition) is 0. The first kappa shape index (κ1) is 13.6. The van der Waals surface area contributed by atoms with Gasteiger partial charge in [-0.15, -0.1) is 0 Å². The highest BCUT2D eigenvalue weighted by atomic mass is 16.2. The van der Waals surface area contributed by atoms with E-state index >= 15 is 0 Å². The zero-order valence-corrected chi connectivity index (χ0v) is 12.3. The second kappa shape index (κ2) is 5.96. The van der Waals surface area contributed by atoms with Gasteiger partial charge in [0.05, 0.1) is 6.54 Å². The van der Waals surface area contributed by atoms with Crippen LogP contribution in [0.25, 0.3) is 0 Å². The lowest BCUT2D eigenvalue weighted by molar-refractivity contribution is -0.134. The Labute approximate surface area is 121 Å². The second-order valence-corrected chi connectivity index (χ2v) is 6.32. The molecular weight excluding hydrogens is 248 g/mol. The number of nitrogens with zero attached hydrogens (tertiary/aromatic N) is 2. The van der Waals surface area contributed by atoms with E-state index in [4.69, 9.17) is 0 Å². The van der Waals surface area contributed by atoms with Crippen LogP contribution in [0.4, 0.5) is 0 Å². The Morgan fingerprint density at radius 2 is 2.05 bits per heavy atom. The Morgan fingerprint density at radius 1 is 1.25 bits per heavy atom. The number of likely N-dealkylation sites (tertiary alicyclic amines) is 1. The predicted molar refractivity (Wildman–Crippen MR) is 80.4 cm³/mol. The van der Waals surface area contributed by atoms with E-state index < -0.39 is 0 Å². The van der Waals surface area contributed by atoms with Crippen LogP contribution < -0.4 is 0 Å². The summed E-state index contributed by atoms with van der Waals surface area (Å²) in [6.07, 6.45) is 3.50. The van der Waals surface area contributed by atoms with E-state index in [2.05, 4.69) is 41.0 Å². The number of piperidine rings is 1. The molecule has 1 saturated heterocycles. The third-order valence-electron chi connectivity index (χ3n) is 4.58. The molecule has 0 aromatic heterocycles. The lowest BCUT2D eigenvalue weighted by Crippen LogP contribution is -2.45. The molecule has 1 aromatic carbocycles. The van der Waals surface area contributed by atoms with Gasteiger partial charge in [0.15, 0.2) is 0 Å². The molecule has 1 atom stereocenters. The molecule has 2 aliphatic heterocycles. The van der Waals surface area contributed by atoms with E-state index in [0.29, 0.717) is 18.4 Å². The standard InChI is InChI=1S/C17H24N2O/c1-14-5-4-9-19(11-14)17(20)13-18-10-8-15-6-2-3-7-16(15)12-18/h2-3,6-7,14H,4-5,8-13H2,1H3. The number of fused-ring (bicyclic) bond motifs is 1. The summed E-state index contributed by atoms with van der Waals surface area (Å²) in [5.74, 6) is 0.978. The topological polar surface area (TPSA) is 23.6 Å². The molecule has 3 rings (SSSR count). The van der Waals surface area contributed by atoms with Crippen LogP contribution in [0.1, 0.15) is 30.9 Å². The normalized spacial score (nSPS) is 23.4. The van der Waals surface area contributed by atoms with Gasteiger partial charge in [-0.1, -0.05) is 31.2 Å². The van der Waals surface area contributed by atoms with Crippen molar-refractivity contribution in [2.75, 3.05) is 26.2 Å². The predicted octanol–water partition coefficient (Wildman–Crippen LogP) is 2.30. The Balaban J connectivity index is 1.58. The summed E-state index contributed by atoms with van der Waals surface area (Å²) in [6.45, 7) is 6.66. The highest BCUT2D eigenvalue weighted by Gasteiger charge is 2.24. The van der Waals surface area contributed by atoms with E-state index in [-0.39, 0.29) is 0 Å². The van der Waals surface area contributed by atoms with Crippen LogP contribution >= 0.6 is 0 Å². The molecule has 0 bridgehead atoms. The number of carbonyl (C=O) groups is 1. The molecule has 0 N–H and O–H groups in total. The van der Waals surface area contributed by atoms with Gasteiger partial charge < -0.3 is 4.90 Å². The largest absolute Gasteiger partial charge is 0.341 e. The van der Waals surface area contributed by atoms with Crippen molar-refractivity contribution in [2.24, 2.45) is 5.92 Å². The van der Waals surface area contributed by atoms with Gasteiger partial charge in [0.2, 0.25) is 5.91 Å². The van der Waals surface area contributed by atoms with Crippen molar-refractivity contribution in [3.05, 3.63) is 35.4 Å². The summed E-state index contributed by atoms with van der Waals surface area (Å²) in [4.78, 5) is 16.8. The second-order valence-electron chi connectivity index (χ2n) is 6.32. The van der Waals surface area contributed by atoms with Crippen LogP contribution in [-0.4, -0.2) is 41.9 Å². The average molecular weight is 272 g/mol. The van der Waals surface area contributed by atoms with Crippen molar-refractivity contribution in [1.82, 2.24) is 9.80 Å². The minimum Gasteiger partial charge on any atom is -0.341 e. The van der Waals surface area contributed by atoms with Gasteiger partial charge in [-0.05, 0) is 36.3 Å². The minimum atomic E-state index is 0.316. The van der Waals surface area contributed by atoms with Crippen LogP contribution in [0.5, 0.6) is 0 Å². The molecule has 0 spiro atoms. The maximum Gasteiger partial charge on any atom is 0.236 e. The van der Waals surface area contributed by atoms with Gasteiger partial charge in [-0.25, -0.2) is 0 Å². The smallest absolute Gasteiger partial charge is 0.236 e. The first-order valence-corrected chi connectivity index (χ1v) is 7.79. The Morgan fingerprint density at radius 3 is 2.85 bits per heavy atom. The van der Waals surface area contributed by atoms with Crippen molar-refractivity contribution in [3.63, 3.8) is 0 Å². The van der Waals surface area contributed by atoms with E-state index in [0.717, 1.165) is 39.0 Å². The molecule has 2 aliphatic rings. The quantitative estimate of drug-likeness (QED) is 0.825. The van der Waals surface area contributed by atoms with Gasteiger partial charge in [0.1, 0.15) is 0 Å². The Bertz CT molecular complexity index is 486. The maximum atomic E-state index is 12.4. The summed E-state index contributed by atoms with van der Waals surface area (Å²) in [5, 5.41) is 0. The molecule has 3 nitrogen and oxygen atoms in total. The molecular formula is C17H24N2O. The average Bonchev–Trinajstić information content (AvgIpc) is 2.47. The number of carbonyl (C=O) groups excluding carboxylic acids is 1. The summed E-state index contributed by atoms with van der Waals surface area (Å²) in [6, 6.07) is 8.60. The SMILES string of the molecule is CC1CCCN(C(=O)CN2CCc3ccccc3C2)C1. The number of hydrogen-bond acceptors (Lipinski definition) is 2. The van der Waals surface area contributed by atoms with Gasteiger partial charge >= 0.3 is 0 Å². The number of benzene rings is 1. The monoisotopic (exact) mass is 272 g/mol. The summed E-state index contributed by atoms with van der Waals surface area (Å²) < 4.78 is 0. The highest BCUT2D eigenvalue weighted by molar-refractivity contribution is 5.78. The minimum absolute atomic E-state index is 0.316.